The highest BCUT2D eigenvalue weighted by atomic mass is 35.5. The van der Waals surface area contributed by atoms with Crippen LogP contribution in [0.4, 0.5) is 11.4 Å². The maximum atomic E-state index is 13.6. The van der Waals surface area contributed by atoms with Gasteiger partial charge < -0.3 is 5.32 Å². The minimum atomic E-state index is -4.19. The molecule has 11 heteroatoms. The molecule has 37 heavy (non-hydrogen) atoms. The highest BCUT2D eigenvalue weighted by Gasteiger charge is 2.29. The summed E-state index contributed by atoms with van der Waals surface area (Å²) in [6, 6.07) is 19.5. The predicted molar refractivity (Wildman–Crippen MR) is 147 cm³/mol. The van der Waals surface area contributed by atoms with E-state index in [4.69, 9.17) is 23.2 Å². The molecule has 0 radical (unpaired) electrons. The standard InChI is InChI=1S/C26H24Cl2N4O4S/c1-17-9-11-23(12-10-17)37(35,36)31(22-14-19(27)13-20(28)15-22)16-24(33)29-25-18(2)30(3)32(26(25)34)21-7-5-4-6-8-21/h4-15H,16H2,1-3H3,(H,29,33). The van der Waals surface area contributed by atoms with Gasteiger partial charge in [-0.05, 0) is 56.3 Å². The number of hydrogen-bond donors (Lipinski definition) is 1. The second-order valence-corrected chi connectivity index (χ2v) is 11.2. The van der Waals surface area contributed by atoms with Gasteiger partial charge in [0.25, 0.3) is 15.6 Å². The van der Waals surface area contributed by atoms with Crippen LogP contribution in [0.5, 0.6) is 0 Å². The molecule has 0 aliphatic carbocycles. The number of nitrogens with zero attached hydrogens (tertiary/aromatic N) is 3. The lowest BCUT2D eigenvalue weighted by molar-refractivity contribution is -0.114. The molecule has 0 saturated heterocycles. The number of amides is 1. The number of sulfonamides is 1. The van der Waals surface area contributed by atoms with Gasteiger partial charge in [0, 0.05) is 17.1 Å². The third-order valence-corrected chi connectivity index (χ3v) is 8.07. The topological polar surface area (TPSA) is 93.4 Å². The largest absolute Gasteiger partial charge is 0.318 e. The number of benzene rings is 3. The fraction of sp³-hybridized carbons (Fsp3) is 0.154. The number of carbonyl (C=O) groups is 1. The van der Waals surface area contributed by atoms with Gasteiger partial charge >= 0.3 is 0 Å². The van der Waals surface area contributed by atoms with Crippen LogP contribution in [0.1, 0.15) is 11.3 Å². The van der Waals surface area contributed by atoms with Crippen LogP contribution in [-0.2, 0) is 21.9 Å². The molecule has 0 unspecified atom stereocenters. The first kappa shape index (κ1) is 26.5. The molecule has 1 heterocycles. The van der Waals surface area contributed by atoms with E-state index in [1.165, 1.54) is 35.0 Å². The molecule has 1 aromatic heterocycles. The molecular formula is C26H24Cl2N4O4S. The van der Waals surface area contributed by atoms with E-state index in [9.17, 15) is 18.0 Å². The normalized spacial score (nSPS) is 11.4. The zero-order chi connectivity index (χ0) is 26.9. The number of anilines is 2. The van der Waals surface area contributed by atoms with Gasteiger partial charge in [-0.1, -0.05) is 59.1 Å². The maximum absolute atomic E-state index is 13.6. The molecule has 0 aliphatic rings. The minimum Gasteiger partial charge on any atom is -0.318 e. The van der Waals surface area contributed by atoms with Crippen LogP contribution in [0.3, 0.4) is 0 Å². The summed E-state index contributed by atoms with van der Waals surface area (Å²) in [5.41, 5.74) is 1.71. The summed E-state index contributed by atoms with van der Waals surface area (Å²) in [5.74, 6) is -0.710. The average molecular weight is 559 g/mol. The van der Waals surface area contributed by atoms with Crippen LogP contribution in [-0.4, -0.2) is 30.2 Å². The van der Waals surface area contributed by atoms with Gasteiger partial charge in [0.2, 0.25) is 5.91 Å². The van der Waals surface area contributed by atoms with Crippen molar-refractivity contribution in [1.82, 2.24) is 9.36 Å². The van der Waals surface area contributed by atoms with Gasteiger partial charge in [-0.25, -0.2) is 13.1 Å². The van der Waals surface area contributed by atoms with Gasteiger partial charge in [0.15, 0.2) is 0 Å². The van der Waals surface area contributed by atoms with E-state index in [1.807, 2.05) is 13.0 Å². The zero-order valence-corrected chi connectivity index (χ0v) is 22.6. The van der Waals surface area contributed by atoms with Crippen LogP contribution in [0.15, 0.2) is 82.5 Å². The molecule has 0 atom stereocenters. The van der Waals surface area contributed by atoms with E-state index in [1.54, 1.807) is 55.1 Å². The maximum Gasteiger partial charge on any atom is 0.295 e. The van der Waals surface area contributed by atoms with Crippen molar-refractivity contribution in [2.75, 3.05) is 16.2 Å². The van der Waals surface area contributed by atoms with Gasteiger partial charge in [-0.15, -0.1) is 0 Å². The summed E-state index contributed by atoms with van der Waals surface area (Å²) in [6.45, 7) is 2.91. The lowest BCUT2D eigenvalue weighted by Crippen LogP contribution is -2.38. The third kappa shape index (κ3) is 5.44. The van der Waals surface area contributed by atoms with E-state index in [0.717, 1.165) is 9.87 Å². The summed E-state index contributed by atoms with van der Waals surface area (Å²) < 4.78 is 31.2. The molecule has 4 aromatic rings. The van der Waals surface area contributed by atoms with Crippen molar-refractivity contribution in [3.05, 3.63) is 104 Å². The fourth-order valence-corrected chi connectivity index (χ4v) is 5.78. The number of aromatic nitrogens is 2. The lowest BCUT2D eigenvalue weighted by Gasteiger charge is -2.24. The molecule has 192 valence electrons. The Kier molecular flexibility index (Phi) is 7.49. The second kappa shape index (κ2) is 10.5. The van der Waals surface area contributed by atoms with Crippen LogP contribution < -0.4 is 15.2 Å². The van der Waals surface area contributed by atoms with Gasteiger partial charge in [-0.2, -0.15) is 0 Å². The summed E-state index contributed by atoms with van der Waals surface area (Å²) >= 11 is 12.3. The Morgan fingerprint density at radius 1 is 0.946 bits per heavy atom. The van der Waals surface area contributed by atoms with Crippen molar-refractivity contribution < 1.29 is 13.2 Å². The summed E-state index contributed by atoms with van der Waals surface area (Å²) in [5, 5.41) is 3.02. The van der Waals surface area contributed by atoms with E-state index in [0.29, 0.717) is 11.4 Å². The second-order valence-electron chi connectivity index (χ2n) is 8.44. The average Bonchev–Trinajstić information content (AvgIpc) is 3.05. The molecule has 8 nitrogen and oxygen atoms in total. The summed E-state index contributed by atoms with van der Waals surface area (Å²) in [7, 11) is -2.50. The van der Waals surface area contributed by atoms with Crippen molar-refractivity contribution in [2.45, 2.75) is 18.7 Å². The third-order valence-electron chi connectivity index (χ3n) is 5.85. The first-order valence-electron chi connectivity index (χ1n) is 11.2. The molecule has 0 saturated carbocycles. The SMILES string of the molecule is Cc1ccc(S(=O)(=O)N(CC(=O)Nc2c(C)n(C)n(-c3ccccc3)c2=O)c2cc(Cl)cc(Cl)c2)cc1. The van der Waals surface area contributed by atoms with E-state index in [-0.39, 0.29) is 26.3 Å². The van der Waals surface area contributed by atoms with E-state index in [2.05, 4.69) is 5.32 Å². The smallest absolute Gasteiger partial charge is 0.295 e. The fourth-order valence-electron chi connectivity index (χ4n) is 3.86. The Morgan fingerprint density at radius 2 is 1.54 bits per heavy atom. The quantitative estimate of drug-likeness (QED) is 0.348. The number of para-hydroxylation sites is 1. The Bertz CT molecular complexity index is 1610. The zero-order valence-electron chi connectivity index (χ0n) is 20.3. The van der Waals surface area contributed by atoms with Gasteiger partial charge in [0.05, 0.1) is 22.0 Å². The molecule has 3 aromatic carbocycles. The highest BCUT2D eigenvalue weighted by molar-refractivity contribution is 7.92. The van der Waals surface area contributed by atoms with Crippen molar-refractivity contribution >= 4 is 50.5 Å². The Hall–Kier alpha value is -3.53. The number of hydrogen-bond acceptors (Lipinski definition) is 4. The lowest BCUT2D eigenvalue weighted by atomic mass is 10.2. The number of halogens is 2. The van der Waals surface area contributed by atoms with Gasteiger partial charge in [-0.3, -0.25) is 18.6 Å². The Morgan fingerprint density at radius 3 is 2.14 bits per heavy atom. The van der Waals surface area contributed by atoms with Crippen molar-refractivity contribution in [3.63, 3.8) is 0 Å². The molecule has 1 N–H and O–H groups in total. The Labute approximate surface area is 224 Å². The van der Waals surface area contributed by atoms with Crippen LogP contribution in [0.2, 0.25) is 10.0 Å². The van der Waals surface area contributed by atoms with Crippen LogP contribution in [0, 0.1) is 13.8 Å². The van der Waals surface area contributed by atoms with E-state index >= 15 is 0 Å². The highest BCUT2D eigenvalue weighted by Crippen LogP contribution is 2.30. The number of carbonyl (C=O) groups excluding carboxylic acids is 1. The summed E-state index contributed by atoms with van der Waals surface area (Å²) in [4.78, 5) is 26.4. The molecule has 4 rings (SSSR count). The number of aryl methyl sites for hydroxylation is 1. The minimum absolute atomic E-state index is 0.00989. The molecular weight excluding hydrogens is 535 g/mol. The van der Waals surface area contributed by atoms with Crippen LogP contribution in [0.25, 0.3) is 5.69 Å². The van der Waals surface area contributed by atoms with Gasteiger partial charge in [0.1, 0.15) is 12.2 Å². The molecule has 0 aliphatic heterocycles. The van der Waals surface area contributed by atoms with Crippen molar-refractivity contribution in [1.29, 1.82) is 0 Å². The van der Waals surface area contributed by atoms with Crippen molar-refractivity contribution in [2.24, 2.45) is 7.05 Å². The predicted octanol–water partition coefficient (Wildman–Crippen LogP) is 4.93. The first-order valence-corrected chi connectivity index (χ1v) is 13.4. The number of rotatable bonds is 7. The molecule has 0 bridgehead atoms. The molecule has 1 amide bonds. The van der Waals surface area contributed by atoms with Crippen molar-refractivity contribution in [3.8, 4) is 5.69 Å². The first-order chi connectivity index (χ1) is 17.5. The Balaban J connectivity index is 1.72. The summed E-state index contributed by atoms with van der Waals surface area (Å²) in [6.07, 6.45) is 0. The van der Waals surface area contributed by atoms with Crippen LogP contribution >= 0.6 is 23.2 Å². The molecule has 0 spiro atoms. The monoisotopic (exact) mass is 558 g/mol. The van der Waals surface area contributed by atoms with E-state index < -0.39 is 28.0 Å². The number of nitrogens with one attached hydrogen (secondary N) is 1. The molecule has 0 fully saturated rings.